The first-order valence-corrected chi connectivity index (χ1v) is 6.81. The summed E-state index contributed by atoms with van der Waals surface area (Å²) < 4.78 is 5.14. The van der Waals surface area contributed by atoms with Crippen molar-refractivity contribution in [1.82, 2.24) is 4.98 Å². The zero-order valence-electron chi connectivity index (χ0n) is 11.4. The van der Waals surface area contributed by atoms with Gasteiger partial charge >= 0.3 is 0 Å². The first-order chi connectivity index (χ1) is 8.79. The molecule has 0 N–H and O–H groups in total. The van der Waals surface area contributed by atoms with Crippen molar-refractivity contribution >= 4 is 5.78 Å². The molecule has 1 rings (SSSR count). The van der Waals surface area contributed by atoms with Crippen LogP contribution in [0.15, 0.2) is 18.3 Å². The molecule has 3 heteroatoms. The number of nitrogens with zero attached hydrogens (tertiary/aromatic N) is 1. The molecule has 0 fully saturated rings. The number of methoxy groups -OCH3 is 1. The quantitative estimate of drug-likeness (QED) is 0.490. The van der Waals surface area contributed by atoms with E-state index < -0.39 is 0 Å². The molecule has 0 radical (unpaired) electrons. The first kappa shape index (κ1) is 14.7. The van der Waals surface area contributed by atoms with E-state index >= 15 is 0 Å². The Morgan fingerprint density at radius 1 is 1.22 bits per heavy atom. The molecule has 0 unspecified atom stereocenters. The van der Waals surface area contributed by atoms with E-state index in [1.165, 1.54) is 25.7 Å². The van der Waals surface area contributed by atoms with Crippen molar-refractivity contribution in [2.75, 3.05) is 7.11 Å². The molecule has 1 heterocycles. The van der Waals surface area contributed by atoms with Crippen molar-refractivity contribution in [1.29, 1.82) is 0 Å². The standard InChI is InChI=1S/C15H23NO2/c1-3-4-5-6-7-8-10-13(17)15-14(18-2)11-9-12-16-15/h9,11-12H,3-8,10H2,1-2H3. The Kier molecular flexibility index (Phi) is 7.07. The van der Waals surface area contributed by atoms with Crippen molar-refractivity contribution in [3.05, 3.63) is 24.0 Å². The molecule has 0 spiro atoms. The normalized spacial score (nSPS) is 10.3. The van der Waals surface area contributed by atoms with Crippen LogP contribution in [0.25, 0.3) is 0 Å². The van der Waals surface area contributed by atoms with Crippen LogP contribution in [-0.4, -0.2) is 17.9 Å². The van der Waals surface area contributed by atoms with Crippen molar-refractivity contribution in [3.63, 3.8) is 0 Å². The van der Waals surface area contributed by atoms with Crippen LogP contribution in [0.4, 0.5) is 0 Å². The van der Waals surface area contributed by atoms with Crippen LogP contribution in [-0.2, 0) is 0 Å². The molecule has 18 heavy (non-hydrogen) atoms. The summed E-state index contributed by atoms with van der Waals surface area (Å²) in [6.45, 7) is 2.21. The van der Waals surface area contributed by atoms with Crippen LogP contribution in [0.5, 0.6) is 5.75 Å². The average Bonchev–Trinajstić information content (AvgIpc) is 2.42. The molecule has 0 atom stereocenters. The molecular weight excluding hydrogens is 226 g/mol. The summed E-state index contributed by atoms with van der Waals surface area (Å²) in [5, 5.41) is 0. The van der Waals surface area contributed by atoms with Gasteiger partial charge < -0.3 is 4.74 Å². The highest BCUT2D eigenvalue weighted by atomic mass is 16.5. The minimum Gasteiger partial charge on any atom is -0.494 e. The SMILES string of the molecule is CCCCCCCCC(=O)c1ncccc1OC. The summed E-state index contributed by atoms with van der Waals surface area (Å²) in [5.74, 6) is 0.663. The van der Waals surface area contributed by atoms with Crippen LogP contribution in [0.3, 0.4) is 0 Å². The maximum Gasteiger partial charge on any atom is 0.184 e. The smallest absolute Gasteiger partial charge is 0.184 e. The Hall–Kier alpha value is -1.38. The third kappa shape index (κ3) is 4.86. The molecule has 100 valence electrons. The van der Waals surface area contributed by atoms with Gasteiger partial charge in [0.15, 0.2) is 5.78 Å². The van der Waals surface area contributed by atoms with Gasteiger partial charge in [0, 0.05) is 12.6 Å². The van der Waals surface area contributed by atoms with Gasteiger partial charge in [-0.2, -0.15) is 0 Å². The first-order valence-electron chi connectivity index (χ1n) is 6.81. The molecule has 1 aromatic heterocycles. The monoisotopic (exact) mass is 249 g/mol. The van der Waals surface area contributed by atoms with Crippen molar-refractivity contribution in [2.24, 2.45) is 0 Å². The third-order valence-electron chi connectivity index (χ3n) is 3.01. The van der Waals surface area contributed by atoms with E-state index in [4.69, 9.17) is 4.74 Å². The third-order valence-corrected chi connectivity index (χ3v) is 3.01. The molecular formula is C15H23NO2. The minimum absolute atomic E-state index is 0.0861. The average molecular weight is 249 g/mol. The van der Waals surface area contributed by atoms with Crippen molar-refractivity contribution < 1.29 is 9.53 Å². The Labute approximate surface area is 110 Å². The number of hydrogen-bond donors (Lipinski definition) is 0. The molecule has 0 saturated carbocycles. The highest BCUT2D eigenvalue weighted by Gasteiger charge is 2.12. The molecule has 3 nitrogen and oxygen atoms in total. The number of aromatic nitrogens is 1. The zero-order valence-corrected chi connectivity index (χ0v) is 11.4. The summed E-state index contributed by atoms with van der Waals surface area (Å²) in [5.41, 5.74) is 0.466. The van der Waals surface area contributed by atoms with Crippen LogP contribution >= 0.6 is 0 Å². The molecule has 1 aromatic rings. The lowest BCUT2D eigenvalue weighted by atomic mass is 10.1. The molecule has 0 aliphatic heterocycles. The maximum absolute atomic E-state index is 12.0. The van der Waals surface area contributed by atoms with E-state index in [0.717, 1.165) is 12.8 Å². The van der Waals surface area contributed by atoms with Gasteiger partial charge in [0.05, 0.1) is 7.11 Å². The number of pyridine rings is 1. The maximum atomic E-state index is 12.0. The van der Waals surface area contributed by atoms with Gasteiger partial charge in [0.25, 0.3) is 0 Å². The fraction of sp³-hybridized carbons (Fsp3) is 0.600. The van der Waals surface area contributed by atoms with E-state index in [-0.39, 0.29) is 5.78 Å². The van der Waals surface area contributed by atoms with E-state index in [9.17, 15) is 4.79 Å². The van der Waals surface area contributed by atoms with Crippen LogP contribution in [0.2, 0.25) is 0 Å². The zero-order chi connectivity index (χ0) is 13.2. The fourth-order valence-electron chi connectivity index (χ4n) is 1.95. The number of ketones is 1. The number of rotatable bonds is 9. The molecule has 0 aliphatic carbocycles. The fourth-order valence-corrected chi connectivity index (χ4v) is 1.95. The second kappa shape index (κ2) is 8.67. The van der Waals surface area contributed by atoms with Crippen LogP contribution in [0, 0.1) is 0 Å². The topological polar surface area (TPSA) is 39.2 Å². The highest BCUT2D eigenvalue weighted by Crippen LogP contribution is 2.18. The van der Waals surface area contributed by atoms with Crippen LogP contribution < -0.4 is 4.74 Å². The summed E-state index contributed by atoms with van der Waals surface area (Å²) in [6, 6.07) is 3.56. The van der Waals surface area contributed by atoms with E-state index in [0.29, 0.717) is 17.9 Å². The molecule has 0 amide bonds. The number of Topliss-reactive ketones (excluding diaryl/α,β-unsaturated/α-hetero) is 1. The molecule has 0 aromatic carbocycles. The molecule has 0 bridgehead atoms. The number of ether oxygens (including phenoxy) is 1. The van der Waals surface area contributed by atoms with Crippen molar-refractivity contribution in [2.45, 2.75) is 51.9 Å². The minimum atomic E-state index is 0.0861. The van der Waals surface area contributed by atoms with Gasteiger partial charge in [0.2, 0.25) is 0 Å². The summed E-state index contributed by atoms with van der Waals surface area (Å²) in [7, 11) is 1.57. The second-order valence-electron chi connectivity index (χ2n) is 4.50. The Bertz CT molecular complexity index is 363. The van der Waals surface area contributed by atoms with Gasteiger partial charge in [0.1, 0.15) is 11.4 Å². The van der Waals surface area contributed by atoms with Gasteiger partial charge in [-0.05, 0) is 18.6 Å². The number of carbonyl (C=O) groups is 1. The summed E-state index contributed by atoms with van der Waals surface area (Å²) >= 11 is 0. The Morgan fingerprint density at radius 2 is 1.94 bits per heavy atom. The van der Waals surface area contributed by atoms with Gasteiger partial charge in [-0.1, -0.05) is 39.0 Å². The van der Waals surface area contributed by atoms with Crippen molar-refractivity contribution in [3.8, 4) is 5.75 Å². The number of carbonyl (C=O) groups excluding carboxylic acids is 1. The lowest BCUT2D eigenvalue weighted by molar-refractivity contribution is 0.0971. The van der Waals surface area contributed by atoms with Gasteiger partial charge in [-0.15, -0.1) is 0 Å². The summed E-state index contributed by atoms with van der Waals surface area (Å²) in [4.78, 5) is 16.1. The predicted molar refractivity (Wildman–Crippen MR) is 73.1 cm³/mol. The van der Waals surface area contributed by atoms with E-state index in [1.54, 1.807) is 25.4 Å². The lowest BCUT2D eigenvalue weighted by Gasteiger charge is -2.05. The van der Waals surface area contributed by atoms with E-state index in [2.05, 4.69) is 11.9 Å². The molecule has 0 saturated heterocycles. The number of hydrogen-bond acceptors (Lipinski definition) is 3. The van der Waals surface area contributed by atoms with Gasteiger partial charge in [-0.3, -0.25) is 4.79 Å². The largest absolute Gasteiger partial charge is 0.494 e. The Morgan fingerprint density at radius 3 is 2.67 bits per heavy atom. The predicted octanol–water partition coefficient (Wildman–Crippen LogP) is 4.02. The van der Waals surface area contributed by atoms with Crippen LogP contribution in [0.1, 0.15) is 62.4 Å². The highest BCUT2D eigenvalue weighted by molar-refractivity contribution is 5.96. The molecule has 0 aliphatic rings. The Balaban J connectivity index is 2.32. The summed E-state index contributed by atoms with van der Waals surface area (Å²) in [6.07, 6.45) is 9.32. The van der Waals surface area contributed by atoms with Gasteiger partial charge in [-0.25, -0.2) is 4.98 Å². The lowest BCUT2D eigenvalue weighted by Crippen LogP contribution is -2.04. The van der Waals surface area contributed by atoms with E-state index in [1.807, 2.05) is 0 Å². The second-order valence-corrected chi connectivity index (χ2v) is 4.50. The number of unbranched alkanes of at least 4 members (excludes halogenated alkanes) is 5.